The number of anilines is 2. The highest BCUT2D eigenvalue weighted by atomic mass is 32.2. The van der Waals surface area contributed by atoms with Gasteiger partial charge in [0, 0.05) is 0 Å². The molecule has 34 heavy (non-hydrogen) atoms. The summed E-state index contributed by atoms with van der Waals surface area (Å²) >= 11 is 3.20. The third-order valence-corrected chi connectivity index (χ3v) is 8.36. The maximum atomic E-state index is 12.8. The largest absolute Gasteiger partial charge is 0.495 e. The second-order valence-electron chi connectivity index (χ2n) is 7.86. The minimum atomic E-state index is -0.138. The molecular formula is C26H24N2O4S2. The van der Waals surface area contributed by atoms with Crippen LogP contribution in [0.1, 0.15) is 21.9 Å². The zero-order valence-corrected chi connectivity index (χ0v) is 20.5. The van der Waals surface area contributed by atoms with Gasteiger partial charge in [0.25, 0.3) is 0 Å². The van der Waals surface area contributed by atoms with E-state index < -0.39 is 0 Å². The van der Waals surface area contributed by atoms with Gasteiger partial charge in [-0.3, -0.25) is 19.4 Å². The number of hydrogen-bond acceptors (Lipinski definition) is 6. The topological polar surface area (TPSA) is 59.1 Å². The van der Waals surface area contributed by atoms with Crippen molar-refractivity contribution in [2.24, 2.45) is 0 Å². The Balaban J connectivity index is 1.44. The molecule has 2 atom stereocenters. The molecule has 2 heterocycles. The lowest BCUT2D eigenvalue weighted by Gasteiger charge is -2.27. The molecule has 3 aromatic carbocycles. The first-order chi connectivity index (χ1) is 16.6. The molecule has 0 spiro atoms. The Labute approximate surface area is 207 Å². The average molecular weight is 493 g/mol. The van der Waals surface area contributed by atoms with Crippen molar-refractivity contribution in [3.63, 3.8) is 0 Å². The van der Waals surface area contributed by atoms with Crippen LogP contribution in [0.25, 0.3) is 0 Å². The van der Waals surface area contributed by atoms with E-state index >= 15 is 0 Å². The molecule has 5 rings (SSSR count). The van der Waals surface area contributed by atoms with E-state index in [0.717, 1.165) is 22.5 Å². The van der Waals surface area contributed by atoms with Crippen molar-refractivity contribution in [2.45, 2.75) is 10.7 Å². The van der Waals surface area contributed by atoms with Gasteiger partial charge >= 0.3 is 0 Å². The number of carbonyl (C=O) groups excluding carboxylic acids is 2. The minimum absolute atomic E-state index is 0.0582. The van der Waals surface area contributed by atoms with Crippen molar-refractivity contribution < 1.29 is 19.1 Å². The van der Waals surface area contributed by atoms with Crippen LogP contribution in [0.5, 0.6) is 11.5 Å². The van der Waals surface area contributed by atoms with Crippen molar-refractivity contribution in [3.05, 3.63) is 83.9 Å². The van der Waals surface area contributed by atoms with Crippen LogP contribution in [0.15, 0.2) is 72.8 Å². The van der Waals surface area contributed by atoms with Crippen molar-refractivity contribution in [1.29, 1.82) is 0 Å². The maximum absolute atomic E-state index is 12.8. The molecule has 8 heteroatoms. The Morgan fingerprint density at radius 3 is 1.41 bits per heavy atom. The third kappa shape index (κ3) is 4.01. The summed E-state index contributed by atoms with van der Waals surface area (Å²) in [6.45, 7) is 0. The molecule has 0 aromatic heterocycles. The van der Waals surface area contributed by atoms with Gasteiger partial charge in [-0.2, -0.15) is 0 Å². The first-order valence-electron chi connectivity index (χ1n) is 10.9. The van der Waals surface area contributed by atoms with Crippen LogP contribution in [0.3, 0.4) is 0 Å². The van der Waals surface area contributed by atoms with E-state index in [2.05, 4.69) is 24.3 Å². The summed E-state index contributed by atoms with van der Waals surface area (Å²) in [5.41, 5.74) is 3.61. The van der Waals surface area contributed by atoms with E-state index in [9.17, 15) is 9.59 Å². The summed E-state index contributed by atoms with van der Waals surface area (Å²) < 4.78 is 11.0. The molecule has 2 aliphatic heterocycles. The Morgan fingerprint density at radius 1 is 0.647 bits per heavy atom. The molecule has 6 nitrogen and oxygen atoms in total. The van der Waals surface area contributed by atoms with Gasteiger partial charge in [0.2, 0.25) is 11.8 Å². The predicted octanol–water partition coefficient (Wildman–Crippen LogP) is 5.26. The van der Waals surface area contributed by atoms with Crippen LogP contribution >= 0.6 is 23.5 Å². The number of benzene rings is 3. The molecule has 2 amide bonds. The third-order valence-electron chi connectivity index (χ3n) is 5.93. The summed E-state index contributed by atoms with van der Waals surface area (Å²) in [7, 11) is 3.23. The van der Waals surface area contributed by atoms with E-state index in [1.54, 1.807) is 37.7 Å². The van der Waals surface area contributed by atoms with Crippen LogP contribution < -0.4 is 19.3 Å². The second-order valence-corrected chi connectivity index (χ2v) is 10.0. The number of ether oxygens (including phenoxy) is 2. The lowest BCUT2D eigenvalue weighted by molar-refractivity contribution is -0.116. The molecule has 2 unspecified atom stereocenters. The Bertz CT molecular complexity index is 1120. The van der Waals surface area contributed by atoms with E-state index in [1.807, 2.05) is 58.3 Å². The first-order valence-corrected chi connectivity index (χ1v) is 13.0. The van der Waals surface area contributed by atoms with Crippen molar-refractivity contribution in [3.8, 4) is 11.5 Å². The molecule has 0 aliphatic carbocycles. The highest BCUT2D eigenvalue weighted by Gasteiger charge is 2.37. The molecule has 0 saturated carbocycles. The number of para-hydroxylation sites is 4. The van der Waals surface area contributed by atoms with Crippen molar-refractivity contribution in [1.82, 2.24) is 0 Å². The van der Waals surface area contributed by atoms with Crippen LogP contribution in [0.2, 0.25) is 0 Å². The van der Waals surface area contributed by atoms with Gasteiger partial charge in [-0.15, -0.1) is 23.5 Å². The highest BCUT2D eigenvalue weighted by molar-refractivity contribution is 8.01. The number of thioether (sulfide) groups is 2. The molecule has 0 N–H and O–H groups in total. The summed E-state index contributed by atoms with van der Waals surface area (Å²) in [6.07, 6.45) is 0. The quantitative estimate of drug-likeness (QED) is 0.468. The second kappa shape index (κ2) is 9.64. The minimum Gasteiger partial charge on any atom is -0.495 e. The zero-order chi connectivity index (χ0) is 23.7. The molecule has 0 bridgehead atoms. The van der Waals surface area contributed by atoms with Crippen molar-refractivity contribution in [2.75, 3.05) is 35.5 Å². The Hall–Kier alpha value is -3.10. The monoisotopic (exact) mass is 492 g/mol. The van der Waals surface area contributed by atoms with Gasteiger partial charge in [-0.25, -0.2) is 0 Å². The summed E-state index contributed by atoms with van der Waals surface area (Å²) in [5.74, 6) is 2.30. The van der Waals surface area contributed by atoms with Gasteiger partial charge in [-0.05, 0) is 35.4 Å². The van der Waals surface area contributed by atoms with Crippen LogP contribution in [-0.2, 0) is 9.59 Å². The molecule has 2 fully saturated rings. The number of carbonyl (C=O) groups is 2. The van der Waals surface area contributed by atoms with Crippen LogP contribution in [0, 0.1) is 0 Å². The molecule has 174 valence electrons. The van der Waals surface area contributed by atoms with E-state index in [1.165, 1.54) is 0 Å². The highest BCUT2D eigenvalue weighted by Crippen LogP contribution is 2.47. The fraction of sp³-hybridized carbons (Fsp3) is 0.231. The molecule has 2 aliphatic rings. The predicted molar refractivity (Wildman–Crippen MR) is 138 cm³/mol. The number of methoxy groups -OCH3 is 2. The van der Waals surface area contributed by atoms with E-state index in [4.69, 9.17) is 9.47 Å². The SMILES string of the molecule is COc1ccccc1N1C(=O)CSC1c1ccc(C2SCC(=O)N2c2ccccc2OC)cc1. The average Bonchev–Trinajstić information content (AvgIpc) is 3.46. The maximum Gasteiger partial charge on any atom is 0.238 e. The summed E-state index contributed by atoms with van der Waals surface area (Å²) in [6, 6.07) is 23.4. The zero-order valence-electron chi connectivity index (χ0n) is 18.8. The van der Waals surface area contributed by atoms with Gasteiger partial charge in [0.15, 0.2) is 0 Å². The fourth-order valence-electron chi connectivity index (χ4n) is 4.34. The Morgan fingerprint density at radius 2 is 1.03 bits per heavy atom. The lowest BCUT2D eigenvalue weighted by Crippen LogP contribution is -2.29. The van der Waals surface area contributed by atoms with Gasteiger partial charge in [0.1, 0.15) is 22.2 Å². The van der Waals surface area contributed by atoms with Gasteiger partial charge < -0.3 is 9.47 Å². The van der Waals surface area contributed by atoms with E-state index in [-0.39, 0.29) is 22.6 Å². The van der Waals surface area contributed by atoms with Gasteiger partial charge in [0.05, 0.1) is 37.1 Å². The van der Waals surface area contributed by atoms with Crippen LogP contribution in [-0.4, -0.2) is 37.5 Å². The van der Waals surface area contributed by atoms with E-state index in [0.29, 0.717) is 23.0 Å². The molecular weight excluding hydrogens is 468 g/mol. The number of nitrogens with zero attached hydrogens (tertiary/aromatic N) is 2. The lowest BCUT2D eigenvalue weighted by atomic mass is 10.1. The molecule has 0 radical (unpaired) electrons. The number of rotatable bonds is 6. The Kier molecular flexibility index (Phi) is 6.43. The molecule has 2 saturated heterocycles. The molecule has 3 aromatic rings. The first kappa shape index (κ1) is 22.7. The number of hydrogen-bond donors (Lipinski definition) is 0. The summed E-state index contributed by atoms with van der Waals surface area (Å²) in [4.78, 5) is 29.2. The number of amides is 2. The fourth-order valence-corrected chi connectivity index (χ4v) is 6.68. The van der Waals surface area contributed by atoms with Gasteiger partial charge in [-0.1, -0.05) is 48.5 Å². The smallest absolute Gasteiger partial charge is 0.238 e. The van der Waals surface area contributed by atoms with Crippen LogP contribution in [0.4, 0.5) is 11.4 Å². The standard InChI is InChI=1S/C26H24N2O4S2/c1-31-21-9-5-3-7-19(21)27-23(29)15-33-25(27)17-11-13-18(14-12-17)26-28(24(30)16-34-26)20-8-4-6-10-22(20)32-2/h3-14,25-26H,15-16H2,1-2H3. The summed E-state index contributed by atoms with van der Waals surface area (Å²) in [5, 5.41) is -0.276. The van der Waals surface area contributed by atoms with Crippen molar-refractivity contribution >= 4 is 46.7 Å². The normalized spacial score (nSPS) is 20.2.